The van der Waals surface area contributed by atoms with Gasteiger partial charge >= 0.3 is 0 Å². The average molecular weight is 269 g/mol. The standard InChI is InChI=1S/C16H19N3O/c1-9-3-2-4-13(12(9)8-17)19-16(20)14-10-5-6-11(7-10)15(14)18/h2-4,10-11,14-15H,5-7,18H2,1H3,(H,19,20). The van der Waals surface area contributed by atoms with Crippen LogP contribution in [0.25, 0.3) is 0 Å². The number of hydrogen-bond acceptors (Lipinski definition) is 3. The third-order valence-corrected chi connectivity index (χ3v) is 4.93. The number of nitrogens with one attached hydrogen (secondary N) is 1. The fraction of sp³-hybridized carbons (Fsp3) is 0.500. The number of carbonyl (C=O) groups is 1. The van der Waals surface area contributed by atoms with Crippen molar-refractivity contribution in [2.45, 2.75) is 32.2 Å². The van der Waals surface area contributed by atoms with Gasteiger partial charge in [-0.1, -0.05) is 12.1 Å². The Kier molecular flexibility index (Phi) is 3.23. The Bertz CT molecular complexity index is 588. The number of aryl methyl sites for hydroxylation is 1. The van der Waals surface area contributed by atoms with Gasteiger partial charge in [0.15, 0.2) is 0 Å². The zero-order valence-electron chi connectivity index (χ0n) is 11.6. The maximum absolute atomic E-state index is 12.5. The number of amides is 1. The minimum Gasteiger partial charge on any atom is -0.327 e. The van der Waals surface area contributed by atoms with Crippen molar-refractivity contribution >= 4 is 11.6 Å². The highest BCUT2D eigenvalue weighted by atomic mass is 16.2. The van der Waals surface area contributed by atoms with Crippen LogP contribution in [0.1, 0.15) is 30.4 Å². The smallest absolute Gasteiger partial charge is 0.229 e. The molecule has 2 fully saturated rings. The van der Waals surface area contributed by atoms with Crippen LogP contribution in [0.5, 0.6) is 0 Å². The second-order valence-corrected chi connectivity index (χ2v) is 6.03. The summed E-state index contributed by atoms with van der Waals surface area (Å²) in [4.78, 5) is 12.5. The number of anilines is 1. The molecule has 2 aliphatic rings. The number of fused-ring (bicyclic) bond motifs is 2. The molecule has 4 atom stereocenters. The summed E-state index contributed by atoms with van der Waals surface area (Å²) in [6.07, 6.45) is 3.34. The highest BCUT2D eigenvalue weighted by Crippen LogP contribution is 2.47. The first-order chi connectivity index (χ1) is 9.61. The second kappa shape index (κ2) is 4.92. The van der Waals surface area contributed by atoms with E-state index in [1.54, 1.807) is 6.07 Å². The molecule has 4 nitrogen and oxygen atoms in total. The van der Waals surface area contributed by atoms with Gasteiger partial charge in [-0.15, -0.1) is 0 Å². The van der Waals surface area contributed by atoms with Gasteiger partial charge in [0.05, 0.1) is 17.2 Å². The summed E-state index contributed by atoms with van der Waals surface area (Å²) in [6, 6.07) is 7.64. The molecule has 3 N–H and O–H groups in total. The normalized spacial score (nSPS) is 31.1. The quantitative estimate of drug-likeness (QED) is 0.863. The van der Waals surface area contributed by atoms with E-state index in [1.165, 1.54) is 0 Å². The molecule has 1 aromatic carbocycles. The van der Waals surface area contributed by atoms with E-state index in [-0.39, 0.29) is 17.9 Å². The molecular formula is C16H19N3O. The van der Waals surface area contributed by atoms with Gasteiger partial charge in [0.1, 0.15) is 6.07 Å². The summed E-state index contributed by atoms with van der Waals surface area (Å²) in [6.45, 7) is 1.87. The maximum atomic E-state index is 12.5. The second-order valence-electron chi connectivity index (χ2n) is 6.03. The summed E-state index contributed by atoms with van der Waals surface area (Å²) < 4.78 is 0. The van der Waals surface area contributed by atoms with Crippen molar-refractivity contribution in [2.75, 3.05) is 5.32 Å². The van der Waals surface area contributed by atoms with Crippen molar-refractivity contribution < 1.29 is 4.79 Å². The molecule has 0 heterocycles. The summed E-state index contributed by atoms with van der Waals surface area (Å²) in [5, 5.41) is 12.1. The van der Waals surface area contributed by atoms with Crippen molar-refractivity contribution in [2.24, 2.45) is 23.5 Å². The Morgan fingerprint density at radius 3 is 2.80 bits per heavy atom. The van der Waals surface area contributed by atoms with E-state index < -0.39 is 0 Å². The van der Waals surface area contributed by atoms with E-state index in [4.69, 9.17) is 5.73 Å². The summed E-state index contributed by atoms with van der Waals surface area (Å²) in [5.74, 6) is 0.807. The molecular weight excluding hydrogens is 250 g/mol. The van der Waals surface area contributed by atoms with Crippen LogP contribution in [0.2, 0.25) is 0 Å². The highest BCUT2D eigenvalue weighted by molar-refractivity contribution is 5.95. The fourth-order valence-electron chi connectivity index (χ4n) is 3.86. The first-order valence-electron chi connectivity index (χ1n) is 7.18. The van der Waals surface area contributed by atoms with Crippen molar-refractivity contribution in [3.05, 3.63) is 29.3 Å². The first kappa shape index (κ1) is 13.1. The number of nitrogens with two attached hydrogens (primary N) is 1. The first-order valence-corrected chi connectivity index (χ1v) is 7.18. The molecule has 3 rings (SSSR count). The molecule has 1 amide bonds. The van der Waals surface area contributed by atoms with Crippen molar-refractivity contribution in [1.29, 1.82) is 5.26 Å². The molecule has 0 saturated heterocycles. The Morgan fingerprint density at radius 1 is 1.40 bits per heavy atom. The zero-order valence-corrected chi connectivity index (χ0v) is 11.6. The molecule has 0 aliphatic heterocycles. The van der Waals surface area contributed by atoms with E-state index in [1.807, 2.05) is 19.1 Å². The maximum Gasteiger partial charge on any atom is 0.229 e. The molecule has 104 valence electrons. The van der Waals surface area contributed by atoms with Gasteiger partial charge in [-0.25, -0.2) is 0 Å². The number of carbonyl (C=O) groups excluding carboxylic acids is 1. The summed E-state index contributed by atoms with van der Waals surface area (Å²) in [7, 11) is 0. The van der Waals surface area contributed by atoms with Gasteiger partial charge in [-0.3, -0.25) is 4.79 Å². The minimum atomic E-state index is -0.0965. The van der Waals surface area contributed by atoms with Gasteiger partial charge in [0.2, 0.25) is 5.91 Å². The largest absolute Gasteiger partial charge is 0.327 e. The molecule has 4 heteroatoms. The Morgan fingerprint density at radius 2 is 2.15 bits per heavy atom. The van der Waals surface area contributed by atoms with E-state index in [0.717, 1.165) is 24.8 Å². The monoisotopic (exact) mass is 269 g/mol. The number of rotatable bonds is 2. The van der Waals surface area contributed by atoms with Crippen LogP contribution in [0.15, 0.2) is 18.2 Å². The van der Waals surface area contributed by atoms with Gasteiger partial charge in [0.25, 0.3) is 0 Å². The Balaban J connectivity index is 1.81. The van der Waals surface area contributed by atoms with Crippen molar-refractivity contribution in [3.63, 3.8) is 0 Å². The van der Waals surface area contributed by atoms with Crippen LogP contribution in [-0.2, 0) is 4.79 Å². The number of nitrogens with zero attached hydrogens (tertiary/aromatic N) is 1. The van der Waals surface area contributed by atoms with E-state index in [9.17, 15) is 10.1 Å². The van der Waals surface area contributed by atoms with Crippen molar-refractivity contribution in [1.82, 2.24) is 0 Å². The van der Waals surface area contributed by atoms with Gasteiger partial charge in [0, 0.05) is 6.04 Å². The lowest BCUT2D eigenvalue weighted by Crippen LogP contribution is -2.42. The highest BCUT2D eigenvalue weighted by Gasteiger charge is 2.49. The van der Waals surface area contributed by atoms with Crippen LogP contribution in [0, 0.1) is 36.0 Å². The molecule has 4 unspecified atom stereocenters. The minimum absolute atomic E-state index is 0.0215. The van der Waals surface area contributed by atoms with E-state index >= 15 is 0 Å². The molecule has 2 saturated carbocycles. The summed E-state index contributed by atoms with van der Waals surface area (Å²) >= 11 is 0. The number of benzene rings is 1. The number of hydrogen-bond donors (Lipinski definition) is 2. The molecule has 0 spiro atoms. The molecule has 0 radical (unpaired) electrons. The third-order valence-electron chi connectivity index (χ3n) is 4.93. The van der Waals surface area contributed by atoms with Crippen LogP contribution in [-0.4, -0.2) is 11.9 Å². The lowest BCUT2D eigenvalue weighted by molar-refractivity contribution is -0.121. The molecule has 2 aliphatic carbocycles. The predicted octanol–water partition coefficient (Wildman–Crippen LogP) is 2.18. The van der Waals surface area contributed by atoms with Crippen LogP contribution < -0.4 is 11.1 Å². The SMILES string of the molecule is Cc1cccc(NC(=O)C2C3CCC(C3)C2N)c1C#N. The topological polar surface area (TPSA) is 78.9 Å². The Labute approximate surface area is 119 Å². The lowest BCUT2D eigenvalue weighted by Gasteiger charge is -2.27. The van der Waals surface area contributed by atoms with E-state index in [0.29, 0.717) is 23.1 Å². The van der Waals surface area contributed by atoms with E-state index in [2.05, 4.69) is 11.4 Å². The molecule has 1 aromatic rings. The molecule has 2 bridgehead atoms. The van der Waals surface area contributed by atoms with Crippen LogP contribution in [0.4, 0.5) is 5.69 Å². The predicted molar refractivity (Wildman–Crippen MR) is 76.8 cm³/mol. The summed E-state index contributed by atoms with van der Waals surface area (Å²) in [5.41, 5.74) is 8.21. The van der Waals surface area contributed by atoms with Crippen LogP contribution >= 0.6 is 0 Å². The molecule has 20 heavy (non-hydrogen) atoms. The number of nitriles is 1. The van der Waals surface area contributed by atoms with Gasteiger partial charge < -0.3 is 11.1 Å². The third kappa shape index (κ3) is 1.99. The van der Waals surface area contributed by atoms with Crippen molar-refractivity contribution in [3.8, 4) is 6.07 Å². The van der Waals surface area contributed by atoms with Gasteiger partial charge in [-0.2, -0.15) is 5.26 Å². The van der Waals surface area contributed by atoms with Crippen LogP contribution in [0.3, 0.4) is 0 Å². The average Bonchev–Trinajstić information content (AvgIpc) is 2.99. The Hall–Kier alpha value is -1.86. The lowest BCUT2D eigenvalue weighted by atomic mass is 9.84. The zero-order chi connectivity index (χ0) is 14.3. The van der Waals surface area contributed by atoms with Gasteiger partial charge in [-0.05, 0) is 49.7 Å². The fourth-order valence-corrected chi connectivity index (χ4v) is 3.86. The molecule has 0 aromatic heterocycles.